The van der Waals surface area contributed by atoms with Crippen molar-refractivity contribution in [2.75, 3.05) is 6.54 Å². The molecule has 0 unspecified atom stereocenters. The van der Waals surface area contributed by atoms with Crippen molar-refractivity contribution in [3.8, 4) is 0 Å². The Morgan fingerprint density at radius 3 is 1.90 bits per heavy atom. The number of nitrogens with one attached hydrogen (secondary N) is 1. The molecule has 0 radical (unpaired) electrons. The fraction of sp³-hybridized carbons (Fsp3) is 0.176. The molecule has 1 heterocycles. The van der Waals surface area contributed by atoms with Crippen molar-refractivity contribution < 1.29 is 13.6 Å². The molecule has 41 heavy (non-hydrogen) atoms. The molecule has 4 aromatic carbocycles. The van der Waals surface area contributed by atoms with E-state index in [0.29, 0.717) is 25.3 Å². The maximum atomic E-state index is 13.6. The normalized spacial score (nSPS) is 11.2. The fourth-order valence-electron chi connectivity index (χ4n) is 4.82. The Labute approximate surface area is 243 Å². The van der Waals surface area contributed by atoms with E-state index in [0.717, 1.165) is 29.1 Å². The van der Waals surface area contributed by atoms with Crippen LogP contribution >= 0.6 is 11.3 Å². The first kappa shape index (κ1) is 28.3. The third-order valence-corrected chi connectivity index (χ3v) is 7.80. The lowest BCUT2D eigenvalue weighted by molar-refractivity contribution is 0.0946. The van der Waals surface area contributed by atoms with Crippen LogP contribution in [-0.4, -0.2) is 22.3 Å². The van der Waals surface area contributed by atoms with Gasteiger partial charge in [0.05, 0.1) is 6.54 Å². The van der Waals surface area contributed by atoms with Crippen molar-refractivity contribution in [1.29, 1.82) is 0 Å². The highest BCUT2D eigenvalue weighted by Crippen LogP contribution is 2.29. The Kier molecular flexibility index (Phi) is 9.62. The summed E-state index contributed by atoms with van der Waals surface area (Å²) in [6.07, 6.45) is 0.881. The van der Waals surface area contributed by atoms with Crippen molar-refractivity contribution in [3.05, 3.63) is 159 Å². The van der Waals surface area contributed by atoms with Crippen LogP contribution < -0.4 is 5.32 Å². The smallest absolute Gasteiger partial charge is 0.271 e. The maximum absolute atomic E-state index is 13.6. The quantitative estimate of drug-likeness (QED) is 0.169. The van der Waals surface area contributed by atoms with Gasteiger partial charge in [0, 0.05) is 24.4 Å². The van der Waals surface area contributed by atoms with Crippen LogP contribution in [0.3, 0.4) is 0 Å². The molecule has 1 aromatic heterocycles. The van der Waals surface area contributed by atoms with Gasteiger partial charge in [-0.2, -0.15) is 0 Å². The minimum absolute atomic E-state index is 0.220. The van der Waals surface area contributed by atoms with Gasteiger partial charge < -0.3 is 5.32 Å². The molecule has 1 amide bonds. The number of hydrogen-bond acceptors (Lipinski definition) is 4. The number of halogens is 2. The molecule has 0 aliphatic carbocycles. The van der Waals surface area contributed by atoms with Crippen LogP contribution in [0.5, 0.6) is 0 Å². The summed E-state index contributed by atoms with van der Waals surface area (Å²) < 4.78 is 26.8. The van der Waals surface area contributed by atoms with Crippen molar-refractivity contribution >= 4 is 17.2 Å². The van der Waals surface area contributed by atoms with Crippen LogP contribution in [-0.2, 0) is 19.6 Å². The Balaban J connectivity index is 1.29. The molecule has 0 aliphatic rings. The number of amides is 1. The van der Waals surface area contributed by atoms with Crippen LogP contribution in [0.4, 0.5) is 8.78 Å². The predicted octanol–water partition coefficient (Wildman–Crippen LogP) is 7.58. The minimum Gasteiger partial charge on any atom is -0.347 e. The highest BCUT2D eigenvalue weighted by atomic mass is 32.1. The van der Waals surface area contributed by atoms with E-state index in [-0.39, 0.29) is 23.5 Å². The topological polar surface area (TPSA) is 45.2 Å². The van der Waals surface area contributed by atoms with Gasteiger partial charge in [0.25, 0.3) is 5.91 Å². The number of hydrogen-bond donors (Lipinski definition) is 1. The predicted molar refractivity (Wildman–Crippen MR) is 160 cm³/mol. The summed E-state index contributed by atoms with van der Waals surface area (Å²) in [4.78, 5) is 19.7. The van der Waals surface area contributed by atoms with Gasteiger partial charge in [0.1, 0.15) is 22.3 Å². The molecule has 0 spiro atoms. The number of nitrogens with zero attached hydrogens (tertiary/aromatic N) is 2. The SMILES string of the molecule is O=C(NCc1ccc(F)cc1)c1csc(CN(CCC(c2ccccc2)c2ccccc2)Cc2ccc(F)cc2)n1. The number of carbonyl (C=O) groups is 1. The van der Waals surface area contributed by atoms with Gasteiger partial charge in [0.2, 0.25) is 0 Å². The molecule has 0 aliphatic heterocycles. The zero-order valence-corrected chi connectivity index (χ0v) is 23.4. The van der Waals surface area contributed by atoms with Gasteiger partial charge in [-0.25, -0.2) is 13.8 Å². The third-order valence-electron chi connectivity index (χ3n) is 6.97. The van der Waals surface area contributed by atoms with E-state index in [9.17, 15) is 13.6 Å². The van der Waals surface area contributed by atoms with Gasteiger partial charge in [-0.1, -0.05) is 84.9 Å². The second-order valence-corrected chi connectivity index (χ2v) is 10.9. The van der Waals surface area contributed by atoms with Gasteiger partial charge in [-0.15, -0.1) is 11.3 Å². The van der Waals surface area contributed by atoms with Crippen molar-refractivity contribution in [1.82, 2.24) is 15.2 Å². The lowest BCUT2D eigenvalue weighted by Gasteiger charge is -2.25. The Morgan fingerprint density at radius 1 is 0.756 bits per heavy atom. The van der Waals surface area contributed by atoms with Crippen molar-refractivity contribution in [2.45, 2.75) is 32.0 Å². The molecule has 0 fully saturated rings. The van der Waals surface area contributed by atoms with Gasteiger partial charge in [-0.3, -0.25) is 9.69 Å². The Morgan fingerprint density at radius 2 is 1.32 bits per heavy atom. The van der Waals surface area contributed by atoms with E-state index in [4.69, 9.17) is 0 Å². The Bertz CT molecular complexity index is 1480. The second-order valence-electron chi connectivity index (χ2n) is 9.94. The third kappa shape index (κ3) is 8.16. The van der Waals surface area contributed by atoms with Crippen molar-refractivity contribution in [2.24, 2.45) is 0 Å². The maximum Gasteiger partial charge on any atom is 0.271 e. The van der Waals surface area contributed by atoms with E-state index < -0.39 is 0 Å². The molecule has 0 saturated heterocycles. The lowest BCUT2D eigenvalue weighted by Crippen LogP contribution is -2.26. The molecule has 7 heteroatoms. The molecular weight excluding hydrogens is 536 g/mol. The average molecular weight is 568 g/mol. The molecule has 0 atom stereocenters. The fourth-order valence-corrected chi connectivity index (χ4v) is 5.64. The first-order valence-corrected chi connectivity index (χ1v) is 14.5. The number of rotatable bonds is 12. The second kappa shape index (κ2) is 13.9. The van der Waals surface area contributed by atoms with Crippen LogP contribution in [0.2, 0.25) is 0 Å². The average Bonchev–Trinajstić information content (AvgIpc) is 3.47. The van der Waals surface area contributed by atoms with E-state index in [2.05, 4.69) is 63.7 Å². The summed E-state index contributed by atoms with van der Waals surface area (Å²) in [5.41, 5.74) is 4.70. The number of aromatic nitrogens is 1. The van der Waals surface area contributed by atoms with E-state index >= 15 is 0 Å². The summed E-state index contributed by atoms with van der Waals surface area (Å²) >= 11 is 1.45. The lowest BCUT2D eigenvalue weighted by atomic mass is 9.88. The van der Waals surface area contributed by atoms with Crippen molar-refractivity contribution in [3.63, 3.8) is 0 Å². The molecule has 4 nitrogen and oxygen atoms in total. The molecule has 0 bridgehead atoms. The number of thiazole rings is 1. The first-order valence-electron chi connectivity index (χ1n) is 13.6. The summed E-state index contributed by atoms with van der Waals surface area (Å²) in [6.45, 7) is 2.26. The van der Waals surface area contributed by atoms with Gasteiger partial charge in [0.15, 0.2) is 0 Å². The molecule has 0 saturated carbocycles. The summed E-state index contributed by atoms with van der Waals surface area (Å²) in [5, 5.41) is 5.45. The number of benzene rings is 4. The highest BCUT2D eigenvalue weighted by Gasteiger charge is 2.18. The zero-order valence-electron chi connectivity index (χ0n) is 22.5. The van der Waals surface area contributed by atoms with Crippen LogP contribution in [0.25, 0.3) is 0 Å². The Hall–Kier alpha value is -4.20. The van der Waals surface area contributed by atoms with E-state index in [1.54, 1.807) is 17.5 Å². The summed E-state index contributed by atoms with van der Waals surface area (Å²) in [5.74, 6) is -0.620. The van der Waals surface area contributed by atoms with Crippen LogP contribution in [0, 0.1) is 11.6 Å². The largest absolute Gasteiger partial charge is 0.347 e. The standard InChI is InChI=1S/C34H31F2N3OS/c35-29-15-11-25(12-16-29)21-37-34(40)32-24-41-33(38-32)23-39(22-26-13-17-30(36)18-14-26)20-19-31(27-7-3-1-4-8-27)28-9-5-2-6-10-28/h1-18,24,31H,19-23H2,(H,37,40). The van der Waals surface area contributed by atoms with Crippen LogP contribution in [0.15, 0.2) is 115 Å². The molecule has 208 valence electrons. The first-order chi connectivity index (χ1) is 20.0. The molecular formula is C34H31F2N3OS. The zero-order chi connectivity index (χ0) is 28.4. The van der Waals surface area contributed by atoms with Crippen LogP contribution in [0.1, 0.15) is 50.1 Å². The monoisotopic (exact) mass is 567 g/mol. The van der Waals surface area contributed by atoms with E-state index in [1.165, 1.54) is 46.7 Å². The summed E-state index contributed by atoms with van der Waals surface area (Å²) in [7, 11) is 0. The minimum atomic E-state index is -0.312. The van der Waals surface area contributed by atoms with E-state index in [1.807, 2.05) is 24.3 Å². The molecule has 5 aromatic rings. The van der Waals surface area contributed by atoms with Gasteiger partial charge in [-0.05, 0) is 59.5 Å². The van der Waals surface area contributed by atoms with Gasteiger partial charge >= 0.3 is 0 Å². The highest BCUT2D eigenvalue weighted by molar-refractivity contribution is 7.09. The number of carbonyl (C=O) groups excluding carboxylic acids is 1. The molecule has 5 rings (SSSR count). The molecule has 1 N–H and O–H groups in total. The summed E-state index contributed by atoms with van der Waals surface area (Å²) in [6, 6.07) is 33.6.